The van der Waals surface area contributed by atoms with Crippen LogP contribution in [0.3, 0.4) is 0 Å². The van der Waals surface area contributed by atoms with E-state index in [2.05, 4.69) is 5.32 Å². The average molecular weight is 270 g/mol. The lowest BCUT2D eigenvalue weighted by atomic mass is 9.88. The van der Waals surface area contributed by atoms with Gasteiger partial charge in [-0.15, -0.1) is 0 Å². The minimum atomic E-state index is -0.884. The van der Waals surface area contributed by atoms with E-state index in [0.717, 1.165) is 12.8 Å². The van der Waals surface area contributed by atoms with E-state index in [0.29, 0.717) is 19.0 Å². The summed E-state index contributed by atoms with van der Waals surface area (Å²) in [4.78, 5) is 25.2. The van der Waals surface area contributed by atoms with Gasteiger partial charge < -0.3 is 15.3 Å². The molecule has 0 saturated heterocycles. The zero-order chi connectivity index (χ0) is 14.5. The highest BCUT2D eigenvalue weighted by molar-refractivity contribution is 5.78. The molecule has 0 aliphatic heterocycles. The van der Waals surface area contributed by atoms with Crippen LogP contribution in [0.4, 0.5) is 4.79 Å². The van der Waals surface area contributed by atoms with Crippen molar-refractivity contribution in [3.8, 4) is 0 Å². The highest BCUT2D eigenvalue weighted by Gasteiger charge is 2.33. The first kappa shape index (κ1) is 15.8. The number of carbonyl (C=O) groups excluding carboxylic acids is 1. The first-order chi connectivity index (χ1) is 8.94. The number of nitrogens with one attached hydrogen (secondary N) is 1. The zero-order valence-corrected chi connectivity index (χ0v) is 12.2. The van der Waals surface area contributed by atoms with Gasteiger partial charge in [-0.1, -0.05) is 19.8 Å². The number of carboxylic acids is 1. The predicted molar refractivity (Wildman–Crippen MR) is 74.1 cm³/mol. The molecule has 0 radical (unpaired) electrons. The molecule has 1 unspecified atom stereocenters. The lowest BCUT2D eigenvalue weighted by Gasteiger charge is -2.30. The molecular weight excluding hydrogens is 244 g/mol. The van der Waals surface area contributed by atoms with Crippen LogP contribution < -0.4 is 5.32 Å². The van der Waals surface area contributed by atoms with Gasteiger partial charge in [-0.2, -0.15) is 0 Å². The zero-order valence-electron chi connectivity index (χ0n) is 12.2. The van der Waals surface area contributed by atoms with Crippen LogP contribution in [0.25, 0.3) is 0 Å². The average Bonchev–Trinajstić information content (AvgIpc) is 2.90. The molecule has 0 heterocycles. The number of rotatable bonds is 6. The fourth-order valence-corrected chi connectivity index (χ4v) is 2.51. The van der Waals surface area contributed by atoms with Crippen molar-refractivity contribution in [1.29, 1.82) is 0 Å². The Balaban J connectivity index is 2.55. The number of hydrogen-bond donors (Lipinski definition) is 2. The van der Waals surface area contributed by atoms with Crippen molar-refractivity contribution < 1.29 is 14.7 Å². The molecule has 0 bridgehead atoms. The van der Waals surface area contributed by atoms with Crippen LogP contribution in [0.15, 0.2) is 0 Å². The number of amides is 2. The van der Waals surface area contributed by atoms with E-state index in [1.165, 1.54) is 12.8 Å². The highest BCUT2D eigenvalue weighted by Crippen LogP contribution is 2.24. The second-order valence-corrected chi connectivity index (χ2v) is 5.60. The maximum absolute atomic E-state index is 12.2. The van der Waals surface area contributed by atoms with Crippen molar-refractivity contribution in [2.45, 2.75) is 58.9 Å². The van der Waals surface area contributed by atoms with E-state index in [1.807, 2.05) is 18.7 Å². The summed E-state index contributed by atoms with van der Waals surface area (Å²) in [6.45, 7) is 6.32. The van der Waals surface area contributed by atoms with Crippen molar-refractivity contribution in [3.63, 3.8) is 0 Å². The van der Waals surface area contributed by atoms with Crippen molar-refractivity contribution in [3.05, 3.63) is 0 Å². The summed E-state index contributed by atoms with van der Waals surface area (Å²) in [7, 11) is 0. The van der Waals surface area contributed by atoms with Gasteiger partial charge in [-0.3, -0.25) is 4.79 Å². The van der Waals surface area contributed by atoms with Crippen molar-refractivity contribution in [1.82, 2.24) is 10.2 Å². The van der Waals surface area contributed by atoms with Gasteiger partial charge in [0.25, 0.3) is 0 Å². The molecule has 5 nitrogen and oxygen atoms in total. The smallest absolute Gasteiger partial charge is 0.317 e. The van der Waals surface area contributed by atoms with Crippen LogP contribution in [0.1, 0.15) is 52.9 Å². The third-order valence-corrected chi connectivity index (χ3v) is 4.29. The monoisotopic (exact) mass is 270 g/mol. The topological polar surface area (TPSA) is 69.6 Å². The summed E-state index contributed by atoms with van der Waals surface area (Å²) >= 11 is 0. The number of urea groups is 1. The molecule has 1 fully saturated rings. The van der Waals surface area contributed by atoms with Crippen LogP contribution >= 0.6 is 0 Å². The fourth-order valence-electron chi connectivity index (χ4n) is 2.51. The number of carboxylic acid groups (broad SMARTS) is 1. The largest absolute Gasteiger partial charge is 0.481 e. The summed E-state index contributed by atoms with van der Waals surface area (Å²) in [5.41, 5.74) is -0.884. The van der Waals surface area contributed by atoms with E-state index in [-0.39, 0.29) is 12.6 Å². The molecule has 2 N–H and O–H groups in total. The van der Waals surface area contributed by atoms with E-state index in [4.69, 9.17) is 0 Å². The third kappa shape index (κ3) is 3.85. The summed E-state index contributed by atoms with van der Waals surface area (Å²) in [5, 5.41) is 12.0. The second kappa shape index (κ2) is 6.78. The maximum Gasteiger partial charge on any atom is 0.317 e. The number of carbonyl (C=O) groups is 2. The molecule has 110 valence electrons. The first-order valence-corrected chi connectivity index (χ1v) is 7.22. The Bertz CT molecular complexity index is 327. The predicted octanol–water partition coefficient (Wildman–Crippen LogP) is 2.46. The summed E-state index contributed by atoms with van der Waals surface area (Å²) in [5.74, 6) is -0.862. The molecular formula is C14H26N2O3. The Morgan fingerprint density at radius 1 is 1.32 bits per heavy atom. The van der Waals surface area contributed by atoms with Crippen LogP contribution in [-0.2, 0) is 4.79 Å². The number of hydrogen-bond acceptors (Lipinski definition) is 2. The summed E-state index contributed by atoms with van der Waals surface area (Å²) in [6, 6.07) is 0.193. The Labute approximate surface area is 115 Å². The quantitative estimate of drug-likeness (QED) is 0.779. The molecule has 1 atom stereocenters. The molecule has 1 aliphatic rings. The molecule has 0 aromatic rings. The molecule has 5 heteroatoms. The van der Waals surface area contributed by atoms with E-state index >= 15 is 0 Å². The van der Waals surface area contributed by atoms with Gasteiger partial charge in [0.05, 0.1) is 5.41 Å². The van der Waals surface area contributed by atoms with E-state index in [9.17, 15) is 14.7 Å². The van der Waals surface area contributed by atoms with Crippen molar-refractivity contribution in [2.24, 2.45) is 5.41 Å². The van der Waals surface area contributed by atoms with Crippen LogP contribution in [-0.4, -0.2) is 41.1 Å². The Morgan fingerprint density at radius 3 is 2.32 bits per heavy atom. The van der Waals surface area contributed by atoms with Gasteiger partial charge in [-0.05, 0) is 33.1 Å². The molecule has 1 aliphatic carbocycles. The normalized spacial score (nSPS) is 18.9. The lowest BCUT2D eigenvalue weighted by Crippen LogP contribution is -2.49. The van der Waals surface area contributed by atoms with Crippen molar-refractivity contribution in [2.75, 3.05) is 13.1 Å². The van der Waals surface area contributed by atoms with Crippen molar-refractivity contribution >= 4 is 12.0 Å². The SMILES string of the molecule is CCN(C(=O)NCC(C)(CC)C(=O)O)C1CCCC1. The Morgan fingerprint density at radius 2 is 1.89 bits per heavy atom. The van der Waals surface area contributed by atoms with E-state index < -0.39 is 11.4 Å². The molecule has 1 rings (SSSR count). The van der Waals surface area contributed by atoms with Gasteiger partial charge >= 0.3 is 12.0 Å². The van der Waals surface area contributed by atoms with Crippen LogP contribution in [0.5, 0.6) is 0 Å². The number of nitrogens with zero attached hydrogens (tertiary/aromatic N) is 1. The van der Waals surface area contributed by atoms with Gasteiger partial charge in [0, 0.05) is 19.1 Å². The lowest BCUT2D eigenvalue weighted by molar-refractivity contribution is -0.147. The summed E-state index contributed by atoms with van der Waals surface area (Å²) < 4.78 is 0. The van der Waals surface area contributed by atoms with Gasteiger partial charge in [0.1, 0.15) is 0 Å². The van der Waals surface area contributed by atoms with Gasteiger partial charge in [0.2, 0.25) is 0 Å². The molecule has 19 heavy (non-hydrogen) atoms. The Hall–Kier alpha value is -1.26. The van der Waals surface area contributed by atoms with Crippen LogP contribution in [0.2, 0.25) is 0 Å². The number of aliphatic carboxylic acids is 1. The van der Waals surface area contributed by atoms with E-state index in [1.54, 1.807) is 6.92 Å². The third-order valence-electron chi connectivity index (χ3n) is 4.29. The maximum atomic E-state index is 12.2. The minimum absolute atomic E-state index is 0.129. The van der Waals surface area contributed by atoms with Gasteiger partial charge in [0.15, 0.2) is 0 Å². The summed E-state index contributed by atoms with van der Waals surface area (Å²) in [6.07, 6.45) is 4.97. The van der Waals surface area contributed by atoms with Gasteiger partial charge in [-0.25, -0.2) is 4.79 Å². The molecule has 0 aromatic heterocycles. The highest BCUT2D eigenvalue weighted by atomic mass is 16.4. The minimum Gasteiger partial charge on any atom is -0.481 e. The first-order valence-electron chi connectivity index (χ1n) is 7.22. The molecule has 1 saturated carbocycles. The Kier molecular flexibility index (Phi) is 5.63. The molecule has 2 amide bonds. The second-order valence-electron chi connectivity index (χ2n) is 5.60. The van der Waals surface area contributed by atoms with Crippen LogP contribution in [0, 0.1) is 5.41 Å². The molecule has 0 spiro atoms. The molecule has 0 aromatic carbocycles. The standard InChI is InChI=1S/C14H26N2O3/c1-4-14(3,12(17)18)10-15-13(19)16(5-2)11-8-6-7-9-11/h11H,4-10H2,1-3H3,(H,15,19)(H,17,18). The fraction of sp³-hybridized carbons (Fsp3) is 0.857.